The number of aldehydes is 1. The molecule has 3 rings (SSSR count). The van der Waals surface area contributed by atoms with Crippen LogP contribution in [0.1, 0.15) is 54.6 Å². The van der Waals surface area contributed by atoms with Crippen molar-refractivity contribution in [1.29, 1.82) is 0 Å². The maximum Gasteiger partial charge on any atom is 0.350 e. The molecule has 2 aliphatic rings. The van der Waals surface area contributed by atoms with Gasteiger partial charge >= 0.3 is 5.63 Å². The summed E-state index contributed by atoms with van der Waals surface area (Å²) in [5.74, 6) is 2.53. The third kappa shape index (κ3) is 2.51. The highest BCUT2D eigenvalue weighted by Crippen LogP contribution is 2.48. The van der Waals surface area contributed by atoms with E-state index in [4.69, 9.17) is 9.15 Å². The van der Waals surface area contributed by atoms with Gasteiger partial charge in [-0.15, -0.1) is 0 Å². The SMILES string of the molecule is COc1cc([C@H]2C3CCCC[C@@H]3C=C[C@@H]2C)oc(=O)c1C=O. The van der Waals surface area contributed by atoms with Crippen LogP contribution in [-0.2, 0) is 0 Å². The van der Waals surface area contributed by atoms with Gasteiger partial charge in [-0.3, -0.25) is 4.79 Å². The van der Waals surface area contributed by atoms with Crippen LogP contribution in [0.2, 0.25) is 0 Å². The van der Waals surface area contributed by atoms with E-state index >= 15 is 0 Å². The minimum absolute atomic E-state index is 0.0366. The Morgan fingerprint density at radius 3 is 2.77 bits per heavy atom. The Kier molecular flexibility index (Phi) is 4.19. The molecule has 4 nitrogen and oxygen atoms in total. The number of allylic oxidation sites excluding steroid dienone is 2. The van der Waals surface area contributed by atoms with E-state index < -0.39 is 5.63 Å². The van der Waals surface area contributed by atoms with Gasteiger partial charge in [0.2, 0.25) is 0 Å². The molecular weight excluding hydrogens is 280 g/mol. The molecule has 0 aromatic carbocycles. The molecule has 0 aliphatic heterocycles. The van der Waals surface area contributed by atoms with Gasteiger partial charge in [0.1, 0.15) is 17.1 Å². The molecule has 4 heteroatoms. The predicted molar refractivity (Wildman–Crippen MR) is 83.4 cm³/mol. The van der Waals surface area contributed by atoms with Gasteiger partial charge in [-0.2, -0.15) is 0 Å². The molecule has 0 radical (unpaired) electrons. The Morgan fingerprint density at radius 1 is 1.27 bits per heavy atom. The highest BCUT2D eigenvalue weighted by molar-refractivity contribution is 5.78. The first-order valence-electron chi connectivity index (χ1n) is 8.01. The second-order valence-electron chi connectivity index (χ2n) is 6.42. The average molecular weight is 302 g/mol. The number of methoxy groups -OCH3 is 1. The molecule has 0 bridgehead atoms. The van der Waals surface area contributed by atoms with Crippen molar-refractivity contribution in [2.75, 3.05) is 7.11 Å². The molecule has 0 spiro atoms. The second kappa shape index (κ2) is 6.11. The van der Waals surface area contributed by atoms with Crippen molar-refractivity contribution in [3.63, 3.8) is 0 Å². The molecule has 1 aromatic heterocycles. The topological polar surface area (TPSA) is 56.5 Å². The van der Waals surface area contributed by atoms with E-state index in [9.17, 15) is 9.59 Å². The summed E-state index contributed by atoms with van der Waals surface area (Å²) >= 11 is 0. The molecule has 0 saturated heterocycles. The van der Waals surface area contributed by atoms with Crippen LogP contribution >= 0.6 is 0 Å². The van der Waals surface area contributed by atoms with E-state index in [2.05, 4.69) is 19.1 Å². The molecule has 1 fully saturated rings. The summed E-state index contributed by atoms with van der Waals surface area (Å²) in [6.07, 6.45) is 9.93. The standard InChI is InChI=1S/C18H22O4/c1-11-7-8-12-5-3-4-6-13(12)17(11)16-9-15(21-2)14(10-19)18(20)22-16/h7-13,17H,3-6H2,1-2H3/t11-,12+,13?,17+/m0/s1. The fourth-order valence-electron chi connectivity index (χ4n) is 4.11. The number of carbonyl (C=O) groups is 1. The lowest BCUT2D eigenvalue weighted by atomic mass is 9.64. The van der Waals surface area contributed by atoms with Crippen molar-refractivity contribution >= 4 is 6.29 Å². The van der Waals surface area contributed by atoms with Crippen molar-refractivity contribution in [3.05, 3.63) is 40.0 Å². The first kappa shape index (κ1) is 15.1. The van der Waals surface area contributed by atoms with Crippen LogP contribution in [0.25, 0.3) is 0 Å². The largest absolute Gasteiger partial charge is 0.496 e. The Balaban J connectivity index is 2.05. The number of carbonyl (C=O) groups excluding carboxylic acids is 1. The Bertz CT molecular complexity index is 643. The van der Waals surface area contributed by atoms with Gasteiger partial charge in [0.15, 0.2) is 6.29 Å². The number of hydrogen-bond acceptors (Lipinski definition) is 4. The molecule has 118 valence electrons. The summed E-state index contributed by atoms with van der Waals surface area (Å²) in [6.45, 7) is 2.16. The lowest BCUT2D eigenvalue weighted by Crippen LogP contribution is -2.31. The number of fused-ring (bicyclic) bond motifs is 1. The zero-order chi connectivity index (χ0) is 15.7. The van der Waals surface area contributed by atoms with Crippen molar-refractivity contribution in [3.8, 4) is 5.75 Å². The van der Waals surface area contributed by atoms with Gasteiger partial charge in [-0.25, -0.2) is 4.79 Å². The van der Waals surface area contributed by atoms with Gasteiger partial charge in [0, 0.05) is 12.0 Å². The summed E-state index contributed by atoms with van der Waals surface area (Å²) in [4.78, 5) is 23.1. The fraction of sp³-hybridized carbons (Fsp3) is 0.556. The van der Waals surface area contributed by atoms with Crippen LogP contribution in [0.5, 0.6) is 5.75 Å². The third-order valence-corrected chi connectivity index (χ3v) is 5.20. The van der Waals surface area contributed by atoms with Gasteiger partial charge in [0.05, 0.1) is 7.11 Å². The maximum atomic E-state index is 12.1. The van der Waals surface area contributed by atoms with Crippen LogP contribution in [0.15, 0.2) is 27.4 Å². The van der Waals surface area contributed by atoms with Crippen molar-refractivity contribution in [1.82, 2.24) is 0 Å². The molecule has 22 heavy (non-hydrogen) atoms. The minimum Gasteiger partial charge on any atom is -0.496 e. The first-order valence-corrected chi connectivity index (χ1v) is 8.01. The Hall–Kier alpha value is -1.84. The molecular formula is C18H22O4. The molecule has 1 unspecified atom stereocenters. The highest BCUT2D eigenvalue weighted by Gasteiger charge is 2.38. The minimum atomic E-state index is -0.599. The van der Waals surface area contributed by atoms with Gasteiger partial charge in [0.25, 0.3) is 0 Å². The van der Waals surface area contributed by atoms with E-state index in [1.165, 1.54) is 26.4 Å². The lowest BCUT2D eigenvalue weighted by Gasteiger charge is -2.40. The predicted octanol–water partition coefficient (Wildman–Crippen LogP) is 3.56. The van der Waals surface area contributed by atoms with Crippen molar-refractivity contribution in [2.24, 2.45) is 17.8 Å². The fourth-order valence-corrected chi connectivity index (χ4v) is 4.11. The average Bonchev–Trinajstić information content (AvgIpc) is 2.53. The van der Waals surface area contributed by atoms with E-state index in [0.717, 1.165) is 6.42 Å². The molecule has 2 aliphatic carbocycles. The van der Waals surface area contributed by atoms with E-state index in [-0.39, 0.29) is 11.5 Å². The van der Waals surface area contributed by atoms with Crippen LogP contribution in [0.4, 0.5) is 0 Å². The molecule has 1 heterocycles. The molecule has 0 N–H and O–H groups in total. The maximum absolute atomic E-state index is 12.1. The number of rotatable bonds is 3. The highest BCUT2D eigenvalue weighted by atomic mass is 16.5. The zero-order valence-electron chi connectivity index (χ0n) is 13.1. The monoisotopic (exact) mass is 302 g/mol. The summed E-state index contributed by atoms with van der Waals surface area (Å²) in [7, 11) is 1.47. The normalized spacial score (nSPS) is 30.6. The van der Waals surface area contributed by atoms with Gasteiger partial charge < -0.3 is 9.15 Å². The first-order chi connectivity index (χ1) is 10.7. The van der Waals surface area contributed by atoms with E-state index in [1.54, 1.807) is 6.07 Å². The van der Waals surface area contributed by atoms with Crippen LogP contribution < -0.4 is 10.4 Å². The van der Waals surface area contributed by atoms with Crippen LogP contribution in [-0.4, -0.2) is 13.4 Å². The molecule has 1 saturated carbocycles. The lowest BCUT2D eigenvalue weighted by molar-refractivity contribution is 0.111. The Labute approximate surface area is 130 Å². The van der Waals surface area contributed by atoms with Crippen molar-refractivity contribution < 1.29 is 13.9 Å². The molecule has 0 amide bonds. The summed E-state index contributed by atoms with van der Waals surface area (Å²) in [5.41, 5.74) is -0.635. The van der Waals surface area contributed by atoms with Gasteiger partial charge in [-0.05, 0) is 30.6 Å². The number of ether oxygens (including phenoxy) is 1. The molecule has 1 aromatic rings. The zero-order valence-corrected chi connectivity index (χ0v) is 13.1. The summed E-state index contributed by atoms with van der Waals surface area (Å²) in [5, 5.41) is 0. The summed E-state index contributed by atoms with van der Waals surface area (Å²) in [6, 6.07) is 1.73. The van der Waals surface area contributed by atoms with Crippen LogP contribution in [0.3, 0.4) is 0 Å². The summed E-state index contributed by atoms with van der Waals surface area (Å²) < 4.78 is 10.7. The van der Waals surface area contributed by atoms with Crippen molar-refractivity contribution in [2.45, 2.75) is 38.5 Å². The molecule has 4 atom stereocenters. The van der Waals surface area contributed by atoms with Crippen LogP contribution in [0, 0.1) is 17.8 Å². The number of hydrogen-bond donors (Lipinski definition) is 0. The quantitative estimate of drug-likeness (QED) is 0.633. The second-order valence-corrected chi connectivity index (χ2v) is 6.42. The smallest absolute Gasteiger partial charge is 0.350 e. The van der Waals surface area contributed by atoms with E-state index in [0.29, 0.717) is 35.5 Å². The third-order valence-electron chi connectivity index (χ3n) is 5.20. The van der Waals surface area contributed by atoms with Gasteiger partial charge in [-0.1, -0.05) is 31.9 Å². The van der Waals surface area contributed by atoms with E-state index in [1.807, 2.05) is 0 Å². The Morgan fingerprint density at radius 2 is 2.05 bits per heavy atom.